The molecule has 2 amide bonds. The van der Waals surface area contributed by atoms with E-state index in [4.69, 9.17) is 4.74 Å². The van der Waals surface area contributed by atoms with Crippen LogP contribution in [0.4, 0.5) is 14.5 Å². The van der Waals surface area contributed by atoms with E-state index in [-0.39, 0.29) is 29.5 Å². The number of hydrogen-bond donors (Lipinski definition) is 1. The Morgan fingerprint density at radius 1 is 0.804 bits per heavy atom. The highest BCUT2D eigenvalue weighted by Crippen LogP contribution is 2.26. The molecule has 242 valence electrons. The van der Waals surface area contributed by atoms with Crippen molar-refractivity contribution in [2.24, 2.45) is 5.92 Å². The summed E-state index contributed by atoms with van der Waals surface area (Å²) < 4.78 is 61.9. The van der Waals surface area contributed by atoms with Crippen molar-refractivity contribution in [2.75, 3.05) is 24.5 Å². The molecular weight excluding hydrogens is 612 g/mol. The van der Waals surface area contributed by atoms with Gasteiger partial charge in [0.15, 0.2) is 0 Å². The molecule has 0 aliphatic rings. The summed E-state index contributed by atoms with van der Waals surface area (Å²) in [7, 11) is -2.92. The number of nitrogens with zero attached hydrogens (tertiary/aromatic N) is 2. The van der Waals surface area contributed by atoms with Gasteiger partial charge < -0.3 is 15.0 Å². The lowest BCUT2D eigenvalue weighted by Crippen LogP contribution is -2.53. The number of carbonyl (C=O) groups is 2. The summed E-state index contributed by atoms with van der Waals surface area (Å²) in [6, 6.07) is 24.0. The fourth-order valence-corrected chi connectivity index (χ4v) is 6.19. The van der Waals surface area contributed by atoms with Gasteiger partial charge in [-0.05, 0) is 77.7 Å². The number of carbonyl (C=O) groups excluding carboxylic acids is 2. The average molecular weight is 650 g/mol. The molecule has 0 fully saturated rings. The standard InChI is InChI=1S/C35H37F2N3O5S/c1-25(2)22-38-35(42)33(21-26-7-5-4-6-8-26)39(23-27-9-11-28(36)12-10-27)34(41)24-40(30-15-13-29(37)14-16-30)46(43,44)32-19-17-31(45-3)18-20-32/h4-20,25,33H,21-24H2,1-3H3,(H,38,42)/t33-/m1/s1. The Morgan fingerprint density at radius 3 is 1.96 bits per heavy atom. The minimum absolute atomic E-state index is 0.0520. The largest absolute Gasteiger partial charge is 0.497 e. The molecule has 4 aromatic carbocycles. The number of nitrogens with one attached hydrogen (secondary N) is 1. The Kier molecular flexibility index (Phi) is 11.5. The topological polar surface area (TPSA) is 96.0 Å². The monoisotopic (exact) mass is 649 g/mol. The first-order valence-electron chi connectivity index (χ1n) is 14.8. The lowest BCUT2D eigenvalue weighted by atomic mass is 10.0. The molecule has 0 heterocycles. The van der Waals surface area contributed by atoms with Gasteiger partial charge in [0.25, 0.3) is 10.0 Å². The second-order valence-electron chi connectivity index (χ2n) is 11.2. The molecule has 1 N–H and O–H groups in total. The first-order chi connectivity index (χ1) is 22.0. The maximum absolute atomic E-state index is 14.4. The average Bonchev–Trinajstić information content (AvgIpc) is 3.05. The maximum Gasteiger partial charge on any atom is 0.264 e. The van der Waals surface area contributed by atoms with Crippen LogP contribution >= 0.6 is 0 Å². The molecule has 4 rings (SSSR count). The molecule has 0 radical (unpaired) electrons. The van der Waals surface area contributed by atoms with Crippen molar-refractivity contribution in [1.82, 2.24) is 10.2 Å². The van der Waals surface area contributed by atoms with Crippen LogP contribution in [0.3, 0.4) is 0 Å². The molecule has 0 aliphatic heterocycles. The van der Waals surface area contributed by atoms with Crippen molar-refractivity contribution >= 4 is 27.5 Å². The minimum Gasteiger partial charge on any atom is -0.497 e. The van der Waals surface area contributed by atoms with Gasteiger partial charge in [0, 0.05) is 19.5 Å². The van der Waals surface area contributed by atoms with E-state index in [1.807, 2.05) is 44.2 Å². The Morgan fingerprint density at radius 2 is 1.39 bits per heavy atom. The van der Waals surface area contributed by atoms with E-state index in [9.17, 15) is 26.8 Å². The van der Waals surface area contributed by atoms with E-state index < -0.39 is 46.1 Å². The summed E-state index contributed by atoms with van der Waals surface area (Å²) in [6.07, 6.45) is 0.138. The van der Waals surface area contributed by atoms with Crippen LogP contribution in [0, 0.1) is 17.6 Å². The van der Waals surface area contributed by atoms with Gasteiger partial charge in [-0.1, -0.05) is 56.3 Å². The molecule has 1 atom stereocenters. The fraction of sp³-hybridized carbons (Fsp3) is 0.257. The van der Waals surface area contributed by atoms with Gasteiger partial charge in [-0.3, -0.25) is 13.9 Å². The smallest absolute Gasteiger partial charge is 0.264 e. The molecule has 0 saturated carbocycles. The first kappa shape index (κ1) is 34.1. The number of halogens is 2. The van der Waals surface area contributed by atoms with Crippen molar-refractivity contribution in [1.29, 1.82) is 0 Å². The van der Waals surface area contributed by atoms with Crippen LogP contribution in [-0.4, -0.2) is 51.4 Å². The molecule has 0 aliphatic carbocycles. The lowest BCUT2D eigenvalue weighted by Gasteiger charge is -2.34. The zero-order valence-corrected chi connectivity index (χ0v) is 26.7. The predicted molar refractivity (Wildman–Crippen MR) is 173 cm³/mol. The van der Waals surface area contributed by atoms with Crippen LogP contribution in [0.25, 0.3) is 0 Å². The Hall–Kier alpha value is -4.77. The van der Waals surface area contributed by atoms with Crippen LogP contribution < -0.4 is 14.4 Å². The molecule has 0 aromatic heterocycles. The van der Waals surface area contributed by atoms with Crippen LogP contribution in [0.2, 0.25) is 0 Å². The highest BCUT2D eigenvalue weighted by Gasteiger charge is 2.34. The summed E-state index contributed by atoms with van der Waals surface area (Å²) in [6.45, 7) is 3.43. The zero-order chi connectivity index (χ0) is 33.3. The number of sulfonamides is 1. The van der Waals surface area contributed by atoms with Crippen LogP contribution in [0.5, 0.6) is 5.75 Å². The normalized spacial score (nSPS) is 12.0. The minimum atomic E-state index is -4.37. The van der Waals surface area contributed by atoms with Gasteiger partial charge in [-0.25, -0.2) is 17.2 Å². The van der Waals surface area contributed by atoms with E-state index >= 15 is 0 Å². The Labute approximate surface area is 268 Å². The molecular formula is C35H37F2N3O5S. The highest BCUT2D eigenvalue weighted by atomic mass is 32.2. The third-order valence-electron chi connectivity index (χ3n) is 7.26. The number of methoxy groups -OCH3 is 1. The molecule has 11 heteroatoms. The van der Waals surface area contributed by atoms with E-state index in [0.29, 0.717) is 17.9 Å². The SMILES string of the molecule is COc1ccc(S(=O)(=O)N(CC(=O)N(Cc2ccc(F)cc2)[C@H](Cc2ccccc2)C(=O)NCC(C)C)c2ccc(F)cc2)cc1. The number of rotatable bonds is 14. The van der Waals surface area contributed by atoms with E-state index in [0.717, 1.165) is 22.0 Å². The summed E-state index contributed by atoms with van der Waals surface area (Å²) in [5.74, 6) is -1.59. The van der Waals surface area contributed by atoms with Crippen molar-refractivity contribution in [2.45, 2.75) is 37.8 Å². The number of hydrogen-bond acceptors (Lipinski definition) is 5. The number of benzene rings is 4. The first-order valence-corrected chi connectivity index (χ1v) is 16.2. The van der Waals surface area contributed by atoms with E-state index in [1.165, 1.54) is 72.7 Å². The third-order valence-corrected chi connectivity index (χ3v) is 9.05. The van der Waals surface area contributed by atoms with Crippen LogP contribution in [0.15, 0.2) is 108 Å². The van der Waals surface area contributed by atoms with Crippen molar-refractivity contribution < 1.29 is 31.5 Å². The summed E-state index contributed by atoms with van der Waals surface area (Å²) in [5.41, 5.74) is 1.37. The van der Waals surface area contributed by atoms with Gasteiger partial charge in [0.1, 0.15) is 30.0 Å². The maximum atomic E-state index is 14.4. The van der Waals surface area contributed by atoms with Crippen molar-refractivity contribution in [3.8, 4) is 5.75 Å². The van der Waals surface area contributed by atoms with Gasteiger partial charge in [0.05, 0.1) is 17.7 Å². The Balaban J connectivity index is 1.79. The second kappa shape index (κ2) is 15.5. The van der Waals surface area contributed by atoms with Crippen molar-refractivity contribution in [3.05, 3.63) is 126 Å². The van der Waals surface area contributed by atoms with Crippen molar-refractivity contribution in [3.63, 3.8) is 0 Å². The van der Waals surface area contributed by atoms with E-state index in [2.05, 4.69) is 5.32 Å². The lowest BCUT2D eigenvalue weighted by molar-refractivity contribution is -0.140. The summed E-state index contributed by atoms with van der Waals surface area (Å²) in [4.78, 5) is 29.3. The van der Waals surface area contributed by atoms with Gasteiger partial charge in [-0.15, -0.1) is 0 Å². The van der Waals surface area contributed by atoms with Gasteiger partial charge in [0.2, 0.25) is 11.8 Å². The zero-order valence-electron chi connectivity index (χ0n) is 25.9. The molecule has 0 unspecified atom stereocenters. The highest BCUT2D eigenvalue weighted by molar-refractivity contribution is 7.92. The third kappa shape index (κ3) is 8.91. The molecule has 0 bridgehead atoms. The summed E-state index contributed by atoms with van der Waals surface area (Å²) >= 11 is 0. The van der Waals surface area contributed by atoms with Crippen LogP contribution in [0.1, 0.15) is 25.0 Å². The summed E-state index contributed by atoms with van der Waals surface area (Å²) in [5, 5.41) is 2.91. The molecule has 0 saturated heterocycles. The quantitative estimate of drug-likeness (QED) is 0.193. The molecule has 46 heavy (non-hydrogen) atoms. The van der Waals surface area contributed by atoms with Gasteiger partial charge in [-0.2, -0.15) is 0 Å². The predicted octanol–water partition coefficient (Wildman–Crippen LogP) is 5.58. The number of anilines is 1. The fourth-order valence-electron chi connectivity index (χ4n) is 4.77. The van der Waals surface area contributed by atoms with Crippen LogP contribution in [-0.2, 0) is 32.6 Å². The number of amides is 2. The Bertz CT molecular complexity index is 1700. The molecule has 8 nitrogen and oxygen atoms in total. The van der Waals surface area contributed by atoms with E-state index in [1.54, 1.807) is 0 Å². The number of ether oxygens (including phenoxy) is 1. The van der Waals surface area contributed by atoms with Gasteiger partial charge >= 0.3 is 0 Å². The molecule has 4 aromatic rings. The second-order valence-corrected chi connectivity index (χ2v) is 13.0. The molecule has 0 spiro atoms.